The lowest BCUT2D eigenvalue weighted by molar-refractivity contribution is 1.52. The Balaban J connectivity index is 2.29. The molecule has 0 atom stereocenters. The van der Waals surface area contributed by atoms with Crippen LogP contribution in [0, 0.1) is 0 Å². The van der Waals surface area contributed by atoms with Crippen molar-refractivity contribution in [2.45, 2.75) is 0 Å². The Morgan fingerprint density at radius 1 is 0.480 bits per heavy atom. The third-order valence-corrected chi connectivity index (χ3v) is 6.86. The van der Waals surface area contributed by atoms with E-state index in [0.29, 0.717) is 0 Å². The average Bonchev–Trinajstić information content (AvgIpc) is 2.69. The van der Waals surface area contributed by atoms with Gasteiger partial charge >= 0.3 is 0 Å². The van der Waals surface area contributed by atoms with Crippen LogP contribution >= 0.6 is 7.92 Å². The molecule has 0 heterocycles. The summed E-state index contributed by atoms with van der Waals surface area (Å²) in [6.07, 6.45) is 0. The molecular weight excluding hydrogens is 325 g/mol. The minimum atomic E-state index is -0.713. The van der Waals surface area contributed by atoms with Crippen molar-refractivity contribution in [3.05, 3.63) is 72.8 Å². The van der Waals surface area contributed by atoms with E-state index in [1.807, 2.05) is 21.1 Å². The van der Waals surface area contributed by atoms with E-state index in [9.17, 15) is 0 Å². The summed E-state index contributed by atoms with van der Waals surface area (Å²) in [5.41, 5.74) is 3.52. The number of hydrogen-bond donors (Lipinski definition) is 3. The van der Waals surface area contributed by atoms with Crippen molar-refractivity contribution in [3.63, 3.8) is 0 Å². The molecule has 3 aromatic rings. The molecule has 0 aliphatic carbocycles. The highest BCUT2D eigenvalue weighted by Gasteiger charge is 2.23. The highest BCUT2D eigenvalue weighted by molar-refractivity contribution is 7.80. The quantitative estimate of drug-likeness (QED) is 0.596. The van der Waals surface area contributed by atoms with Crippen LogP contribution in [0.25, 0.3) is 0 Å². The van der Waals surface area contributed by atoms with Gasteiger partial charge in [0.1, 0.15) is 0 Å². The van der Waals surface area contributed by atoms with E-state index in [-0.39, 0.29) is 0 Å². The second-order valence-corrected chi connectivity index (χ2v) is 7.75. The summed E-state index contributed by atoms with van der Waals surface area (Å²) in [4.78, 5) is 0. The van der Waals surface area contributed by atoms with Crippen molar-refractivity contribution in [2.24, 2.45) is 0 Å². The molecule has 0 amide bonds. The fraction of sp³-hybridized carbons (Fsp3) is 0.143. The minimum Gasteiger partial charge on any atom is -0.388 e. The normalized spacial score (nSPS) is 10.6. The molecule has 0 unspecified atom stereocenters. The molecule has 25 heavy (non-hydrogen) atoms. The topological polar surface area (TPSA) is 36.1 Å². The van der Waals surface area contributed by atoms with Gasteiger partial charge in [-0.3, -0.25) is 0 Å². The molecule has 3 rings (SSSR count). The Bertz CT molecular complexity index is 735. The molecule has 0 aliphatic rings. The summed E-state index contributed by atoms with van der Waals surface area (Å²) in [6, 6.07) is 25.7. The van der Waals surface area contributed by atoms with Crippen LogP contribution in [-0.4, -0.2) is 21.1 Å². The molecule has 3 N–H and O–H groups in total. The van der Waals surface area contributed by atoms with Gasteiger partial charge in [0.2, 0.25) is 0 Å². The van der Waals surface area contributed by atoms with Crippen LogP contribution in [-0.2, 0) is 0 Å². The van der Waals surface area contributed by atoms with Gasteiger partial charge in [0.25, 0.3) is 0 Å². The summed E-state index contributed by atoms with van der Waals surface area (Å²) in [6.45, 7) is 0. The Morgan fingerprint density at radius 3 is 1.04 bits per heavy atom. The van der Waals surface area contributed by atoms with Crippen molar-refractivity contribution < 1.29 is 0 Å². The molecule has 0 fully saturated rings. The molecule has 0 spiro atoms. The molecule has 0 bridgehead atoms. The van der Waals surface area contributed by atoms with Crippen LogP contribution in [0.5, 0.6) is 0 Å². The third-order valence-electron chi connectivity index (χ3n) is 4.24. The predicted molar refractivity (Wildman–Crippen MR) is 114 cm³/mol. The smallest absolute Gasteiger partial charge is 0.0422 e. The Hall–Kier alpha value is -2.51. The number of nitrogens with one attached hydrogen (secondary N) is 3. The minimum absolute atomic E-state index is 0.713. The Kier molecular flexibility index (Phi) is 5.57. The monoisotopic (exact) mass is 349 g/mol. The van der Waals surface area contributed by atoms with E-state index in [4.69, 9.17) is 0 Å². The van der Waals surface area contributed by atoms with Crippen LogP contribution in [0.3, 0.4) is 0 Å². The average molecular weight is 349 g/mol. The molecule has 3 aromatic carbocycles. The first-order chi connectivity index (χ1) is 12.3. The van der Waals surface area contributed by atoms with Crippen molar-refractivity contribution in [2.75, 3.05) is 37.1 Å². The van der Waals surface area contributed by atoms with Gasteiger partial charge in [-0.2, -0.15) is 0 Å². The summed E-state index contributed by atoms with van der Waals surface area (Å²) < 4.78 is 0. The largest absolute Gasteiger partial charge is 0.388 e. The lowest BCUT2D eigenvalue weighted by atomic mass is 10.3. The summed E-state index contributed by atoms with van der Waals surface area (Å²) >= 11 is 0. The van der Waals surface area contributed by atoms with Crippen molar-refractivity contribution in [1.29, 1.82) is 0 Å². The maximum absolute atomic E-state index is 3.37. The molecule has 128 valence electrons. The first-order valence-corrected chi connectivity index (χ1v) is 9.74. The van der Waals surface area contributed by atoms with E-state index in [1.165, 1.54) is 33.0 Å². The van der Waals surface area contributed by atoms with E-state index in [1.54, 1.807) is 0 Å². The van der Waals surface area contributed by atoms with Gasteiger partial charge < -0.3 is 16.0 Å². The van der Waals surface area contributed by atoms with Gasteiger partial charge in [-0.05, 0) is 26.1 Å². The third kappa shape index (κ3) is 3.47. The molecule has 0 saturated heterocycles. The fourth-order valence-electron chi connectivity index (χ4n) is 3.03. The molecule has 0 aliphatic heterocycles. The van der Waals surface area contributed by atoms with E-state index in [2.05, 4.69) is 88.7 Å². The molecule has 4 heteroatoms. The Labute approximate surface area is 151 Å². The first kappa shape index (κ1) is 17.3. The molecule has 0 radical (unpaired) electrons. The maximum Gasteiger partial charge on any atom is 0.0422 e. The standard InChI is InChI=1S/C21H24N3P/c1-22-16-10-4-7-13-19(16)25(20-14-8-5-11-17(20)23-2)21-15-9-6-12-18(21)24-3/h4-15,22-24H,1-3H3. The Morgan fingerprint density at radius 2 is 0.760 bits per heavy atom. The van der Waals surface area contributed by atoms with Gasteiger partial charge in [0, 0.05) is 54.1 Å². The highest BCUT2D eigenvalue weighted by Crippen LogP contribution is 2.40. The van der Waals surface area contributed by atoms with Gasteiger partial charge in [-0.15, -0.1) is 0 Å². The van der Waals surface area contributed by atoms with Crippen molar-refractivity contribution in [3.8, 4) is 0 Å². The van der Waals surface area contributed by atoms with Crippen molar-refractivity contribution in [1.82, 2.24) is 0 Å². The summed E-state index contributed by atoms with van der Waals surface area (Å²) in [7, 11) is 5.25. The van der Waals surface area contributed by atoms with Gasteiger partial charge in [-0.1, -0.05) is 54.6 Å². The molecule has 3 nitrogen and oxygen atoms in total. The van der Waals surface area contributed by atoms with E-state index >= 15 is 0 Å². The van der Waals surface area contributed by atoms with E-state index in [0.717, 1.165) is 0 Å². The summed E-state index contributed by atoms with van der Waals surface area (Å²) in [5.74, 6) is 0. The van der Waals surface area contributed by atoms with Gasteiger partial charge in [0.05, 0.1) is 0 Å². The van der Waals surface area contributed by atoms with Crippen LogP contribution in [0.4, 0.5) is 17.1 Å². The number of para-hydroxylation sites is 3. The van der Waals surface area contributed by atoms with Crippen LogP contribution in [0.15, 0.2) is 72.8 Å². The predicted octanol–water partition coefficient (Wildman–Crippen LogP) is 3.57. The summed E-state index contributed by atoms with van der Waals surface area (Å²) in [5, 5.41) is 14.1. The second-order valence-electron chi connectivity index (χ2n) is 5.64. The number of rotatable bonds is 6. The number of anilines is 3. The second kappa shape index (κ2) is 8.04. The van der Waals surface area contributed by atoms with Gasteiger partial charge in [0.15, 0.2) is 0 Å². The van der Waals surface area contributed by atoms with Crippen molar-refractivity contribution >= 4 is 40.9 Å². The molecule has 0 aromatic heterocycles. The molecule has 0 saturated carbocycles. The fourth-order valence-corrected chi connectivity index (χ4v) is 5.80. The molecular formula is C21H24N3P. The first-order valence-electron chi connectivity index (χ1n) is 8.40. The number of benzene rings is 3. The van der Waals surface area contributed by atoms with Crippen LogP contribution in [0.1, 0.15) is 0 Å². The van der Waals surface area contributed by atoms with Crippen LogP contribution in [0.2, 0.25) is 0 Å². The zero-order valence-electron chi connectivity index (χ0n) is 14.9. The maximum atomic E-state index is 3.37. The SMILES string of the molecule is CNc1ccccc1P(c1ccccc1NC)c1ccccc1NC. The van der Waals surface area contributed by atoms with E-state index < -0.39 is 7.92 Å². The zero-order valence-corrected chi connectivity index (χ0v) is 15.8. The van der Waals surface area contributed by atoms with Gasteiger partial charge in [-0.25, -0.2) is 0 Å². The zero-order chi connectivity index (χ0) is 17.6. The van der Waals surface area contributed by atoms with Crippen LogP contribution < -0.4 is 31.9 Å². The number of hydrogen-bond acceptors (Lipinski definition) is 3. The highest BCUT2D eigenvalue weighted by atomic mass is 31.1. The lowest BCUT2D eigenvalue weighted by Gasteiger charge is -2.26. The lowest BCUT2D eigenvalue weighted by Crippen LogP contribution is -2.26.